The number of fused-ring (bicyclic) bond motifs is 2. The molecule has 0 aliphatic heterocycles. The summed E-state index contributed by atoms with van der Waals surface area (Å²) in [5.41, 5.74) is 7.93. The molecule has 6 rings (SSSR count). The number of nitrogens with one attached hydrogen (secondary N) is 1. The third kappa shape index (κ3) is 4.59. The Kier molecular flexibility index (Phi) is 6.12. The molecule has 10 heteroatoms. The SMILES string of the molecule is Cn1cc(C#Cc2cccc3cc(C(C)(C)NC(=O)c4c(N)nn5cccnc45)n(-c4ccccc4)c(=O)c23)cn1. The number of hydrogen-bond acceptors (Lipinski definition) is 6. The van der Waals surface area contributed by atoms with E-state index < -0.39 is 11.4 Å². The molecule has 6 aromatic rings. The lowest BCUT2D eigenvalue weighted by atomic mass is 9.95. The number of hydrogen-bond donors (Lipinski definition) is 2. The molecule has 0 aliphatic carbocycles. The summed E-state index contributed by atoms with van der Waals surface area (Å²) in [4.78, 5) is 32.2. The van der Waals surface area contributed by atoms with Gasteiger partial charge in [0.05, 0.1) is 28.4 Å². The number of anilines is 1. The topological polar surface area (TPSA) is 125 Å². The van der Waals surface area contributed by atoms with Crippen molar-refractivity contribution in [2.75, 3.05) is 5.73 Å². The minimum atomic E-state index is -1.02. The van der Waals surface area contributed by atoms with E-state index >= 15 is 0 Å². The number of amides is 1. The molecule has 0 fully saturated rings. The van der Waals surface area contributed by atoms with Crippen LogP contribution in [0.2, 0.25) is 0 Å². The second-order valence-electron chi connectivity index (χ2n) is 10.2. The zero-order valence-corrected chi connectivity index (χ0v) is 22.7. The third-order valence-corrected chi connectivity index (χ3v) is 6.82. The molecule has 41 heavy (non-hydrogen) atoms. The summed E-state index contributed by atoms with van der Waals surface area (Å²) in [5, 5.41) is 12.6. The molecule has 0 atom stereocenters. The van der Waals surface area contributed by atoms with Gasteiger partial charge in [0.2, 0.25) is 0 Å². The van der Waals surface area contributed by atoms with Gasteiger partial charge in [0.15, 0.2) is 11.5 Å². The largest absolute Gasteiger partial charge is 0.381 e. The molecule has 0 aliphatic rings. The molecule has 0 unspecified atom stereocenters. The van der Waals surface area contributed by atoms with Crippen molar-refractivity contribution in [1.29, 1.82) is 0 Å². The predicted octanol–water partition coefficient (Wildman–Crippen LogP) is 3.41. The van der Waals surface area contributed by atoms with Crippen molar-refractivity contribution in [1.82, 2.24) is 34.3 Å². The molecule has 0 spiro atoms. The summed E-state index contributed by atoms with van der Waals surface area (Å²) in [6.07, 6.45) is 6.74. The lowest BCUT2D eigenvalue weighted by Gasteiger charge is -2.30. The van der Waals surface area contributed by atoms with E-state index in [1.807, 2.05) is 81.7 Å². The molecule has 10 nitrogen and oxygen atoms in total. The lowest BCUT2D eigenvalue weighted by Crippen LogP contribution is -2.44. The third-order valence-electron chi connectivity index (χ3n) is 6.82. The molecule has 0 saturated heterocycles. The normalized spacial score (nSPS) is 11.4. The minimum absolute atomic E-state index is 0.0628. The van der Waals surface area contributed by atoms with Crippen LogP contribution < -0.4 is 16.6 Å². The first-order chi connectivity index (χ1) is 19.7. The van der Waals surface area contributed by atoms with Crippen molar-refractivity contribution in [2.45, 2.75) is 19.4 Å². The van der Waals surface area contributed by atoms with Crippen molar-refractivity contribution in [3.63, 3.8) is 0 Å². The number of pyridine rings is 1. The number of nitrogens with zero attached hydrogens (tertiary/aromatic N) is 6. The maximum atomic E-state index is 14.3. The highest BCUT2D eigenvalue weighted by Crippen LogP contribution is 2.28. The molecular weight excluding hydrogens is 516 g/mol. The smallest absolute Gasteiger partial charge is 0.264 e. The first kappa shape index (κ1) is 25.6. The summed E-state index contributed by atoms with van der Waals surface area (Å²) in [7, 11) is 1.82. The summed E-state index contributed by atoms with van der Waals surface area (Å²) >= 11 is 0. The molecule has 1 amide bonds. The average molecular weight is 543 g/mol. The Labute approximate surface area is 235 Å². The number of benzene rings is 2. The molecule has 0 radical (unpaired) electrons. The quantitative estimate of drug-likeness (QED) is 0.329. The monoisotopic (exact) mass is 542 g/mol. The standard InChI is InChI=1S/C31H26N8O2/c1-31(2,35-29(40)26-27(32)36-38-16-8-15-33-28(26)38)24-17-22-10-7-9-21(14-13-20-18-34-37(3)19-20)25(22)30(41)39(24)23-11-5-4-6-12-23/h4-12,15-19H,1-3H3,(H2,32,36)(H,35,40). The van der Waals surface area contributed by atoms with Crippen LogP contribution in [0.15, 0.2) is 90.2 Å². The number of carbonyl (C=O) groups excluding carboxylic acids is 1. The molecule has 4 heterocycles. The van der Waals surface area contributed by atoms with Gasteiger partial charge in [-0.3, -0.25) is 18.8 Å². The minimum Gasteiger partial charge on any atom is -0.381 e. The number of carbonyl (C=O) groups is 1. The number of aromatic nitrogens is 6. The summed E-state index contributed by atoms with van der Waals surface area (Å²) in [6, 6.07) is 18.5. The first-order valence-electron chi connectivity index (χ1n) is 12.9. The van der Waals surface area contributed by atoms with E-state index in [9.17, 15) is 9.59 Å². The van der Waals surface area contributed by atoms with Gasteiger partial charge < -0.3 is 11.1 Å². The second kappa shape index (κ2) is 9.81. The van der Waals surface area contributed by atoms with E-state index in [0.29, 0.717) is 33.4 Å². The van der Waals surface area contributed by atoms with Gasteiger partial charge in [-0.1, -0.05) is 42.2 Å². The van der Waals surface area contributed by atoms with Crippen molar-refractivity contribution in [3.8, 4) is 17.5 Å². The van der Waals surface area contributed by atoms with E-state index in [2.05, 4.69) is 32.3 Å². The number of rotatable bonds is 4. The van der Waals surface area contributed by atoms with Crippen LogP contribution in [0.1, 0.15) is 41.0 Å². The van der Waals surface area contributed by atoms with Gasteiger partial charge in [-0.25, -0.2) is 9.50 Å². The van der Waals surface area contributed by atoms with Gasteiger partial charge in [-0.15, -0.1) is 5.10 Å². The maximum absolute atomic E-state index is 14.3. The highest BCUT2D eigenvalue weighted by Gasteiger charge is 2.31. The lowest BCUT2D eigenvalue weighted by molar-refractivity contribution is 0.0912. The predicted molar refractivity (Wildman–Crippen MR) is 157 cm³/mol. The average Bonchev–Trinajstić information content (AvgIpc) is 3.53. The Morgan fingerprint density at radius 2 is 1.85 bits per heavy atom. The van der Waals surface area contributed by atoms with Crippen molar-refractivity contribution in [2.24, 2.45) is 7.05 Å². The van der Waals surface area contributed by atoms with Crippen LogP contribution >= 0.6 is 0 Å². The van der Waals surface area contributed by atoms with E-state index in [0.717, 1.165) is 5.56 Å². The van der Waals surface area contributed by atoms with Crippen LogP contribution in [-0.4, -0.2) is 34.9 Å². The van der Waals surface area contributed by atoms with Crippen molar-refractivity contribution in [3.05, 3.63) is 118 Å². The zero-order valence-electron chi connectivity index (χ0n) is 22.7. The molecule has 3 N–H and O–H groups in total. The molecule has 0 bridgehead atoms. The fourth-order valence-electron chi connectivity index (χ4n) is 4.92. The van der Waals surface area contributed by atoms with Gasteiger partial charge in [0.1, 0.15) is 5.56 Å². The van der Waals surface area contributed by atoms with Crippen molar-refractivity contribution < 1.29 is 4.79 Å². The molecule has 4 aromatic heterocycles. The molecule has 2 aromatic carbocycles. The highest BCUT2D eigenvalue weighted by molar-refractivity contribution is 6.04. The number of nitrogens with two attached hydrogens (primary N) is 1. The van der Waals surface area contributed by atoms with E-state index in [1.165, 1.54) is 4.52 Å². The van der Waals surface area contributed by atoms with Gasteiger partial charge in [0.25, 0.3) is 11.5 Å². The Bertz CT molecular complexity index is 2070. The van der Waals surface area contributed by atoms with Crippen LogP contribution in [0.4, 0.5) is 5.82 Å². The van der Waals surface area contributed by atoms with Crippen LogP contribution in [-0.2, 0) is 12.6 Å². The Morgan fingerprint density at radius 1 is 1.05 bits per heavy atom. The Hall–Kier alpha value is -5.69. The number of nitrogen functional groups attached to an aromatic ring is 1. The van der Waals surface area contributed by atoms with Crippen LogP contribution in [0.25, 0.3) is 22.1 Å². The van der Waals surface area contributed by atoms with E-state index in [1.54, 1.807) is 33.9 Å². The van der Waals surface area contributed by atoms with Crippen LogP contribution in [0, 0.1) is 11.8 Å². The summed E-state index contributed by atoms with van der Waals surface area (Å²) in [6.45, 7) is 3.68. The molecular formula is C31H26N8O2. The number of aryl methyl sites for hydroxylation is 1. The summed E-state index contributed by atoms with van der Waals surface area (Å²) in [5.74, 6) is 5.86. The Balaban J connectivity index is 1.52. The first-order valence-corrected chi connectivity index (χ1v) is 12.9. The van der Waals surface area contributed by atoms with E-state index in [-0.39, 0.29) is 16.9 Å². The summed E-state index contributed by atoms with van der Waals surface area (Å²) < 4.78 is 4.76. The van der Waals surface area contributed by atoms with Crippen LogP contribution in [0.3, 0.4) is 0 Å². The highest BCUT2D eigenvalue weighted by atomic mass is 16.2. The molecule has 202 valence electrons. The molecule has 0 saturated carbocycles. The van der Waals surface area contributed by atoms with E-state index in [4.69, 9.17) is 5.73 Å². The fraction of sp³-hybridized carbons (Fsp3) is 0.129. The van der Waals surface area contributed by atoms with Gasteiger partial charge in [-0.2, -0.15) is 5.10 Å². The zero-order chi connectivity index (χ0) is 28.7. The fourth-order valence-corrected chi connectivity index (χ4v) is 4.92. The maximum Gasteiger partial charge on any atom is 0.264 e. The van der Waals surface area contributed by atoms with Crippen molar-refractivity contribution >= 4 is 28.1 Å². The van der Waals surface area contributed by atoms with Gasteiger partial charge in [-0.05, 0) is 49.6 Å². The Morgan fingerprint density at radius 3 is 2.61 bits per heavy atom. The second-order valence-corrected chi connectivity index (χ2v) is 10.2. The van der Waals surface area contributed by atoms with Gasteiger partial charge >= 0.3 is 0 Å². The van der Waals surface area contributed by atoms with Crippen LogP contribution in [0.5, 0.6) is 0 Å². The number of para-hydroxylation sites is 1. The van der Waals surface area contributed by atoms with Gasteiger partial charge in [0, 0.05) is 36.9 Å².